The number of unbranched alkanes of at least 4 members (excludes halogenated alkanes) is 9. The summed E-state index contributed by atoms with van der Waals surface area (Å²) >= 11 is 0. The van der Waals surface area contributed by atoms with Gasteiger partial charge < -0.3 is 9.47 Å². The van der Waals surface area contributed by atoms with Crippen molar-refractivity contribution in [1.29, 1.82) is 0 Å². The molecule has 0 spiro atoms. The molecule has 1 aromatic carbocycles. The number of piperidine rings is 1. The van der Waals surface area contributed by atoms with Gasteiger partial charge in [-0.2, -0.15) is 0 Å². The van der Waals surface area contributed by atoms with E-state index < -0.39 is 0 Å². The summed E-state index contributed by atoms with van der Waals surface area (Å²) in [6.07, 6.45) is 14.6. The Balaban J connectivity index is 1.75. The van der Waals surface area contributed by atoms with E-state index in [1.807, 2.05) is 24.3 Å². The van der Waals surface area contributed by atoms with E-state index in [-0.39, 0.29) is 23.2 Å². The Morgan fingerprint density at radius 2 is 1.39 bits per heavy atom. The van der Waals surface area contributed by atoms with Gasteiger partial charge in [0.2, 0.25) is 0 Å². The molecule has 1 heterocycles. The predicted octanol–water partition coefficient (Wildman–Crippen LogP) is 7.79. The first-order valence-corrected chi connectivity index (χ1v) is 13.3. The molecule has 2 rings (SSSR count). The highest BCUT2D eigenvalue weighted by Crippen LogP contribution is 2.38. The van der Waals surface area contributed by atoms with Crippen LogP contribution in [0.25, 0.3) is 0 Å². The first-order valence-electron chi connectivity index (χ1n) is 13.3. The van der Waals surface area contributed by atoms with Crippen LogP contribution in [0.4, 0.5) is 0 Å². The minimum atomic E-state index is -0.269. The van der Waals surface area contributed by atoms with Crippen molar-refractivity contribution in [2.75, 3.05) is 13.7 Å². The largest absolute Gasteiger partial charge is 0.493 e. The summed E-state index contributed by atoms with van der Waals surface area (Å²) in [7, 11) is 2.16. The normalized spacial score (nSPS) is 18.2. The third kappa shape index (κ3) is 8.96. The maximum atomic E-state index is 13.0. The molecule has 0 amide bonds. The highest BCUT2D eigenvalue weighted by atomic mass is 16.5. The fraction of sp³-hybridized carbons (Fsp3) is 0.759. The van der Waals surface area contributed by atoms with Gasteiger partial charge in [0.1, 0.15) is 17.4 Å². The van der Waals surface area contributed by atoms with E-state index in [1.54, 1.807) is 0 Å². The molecule has 188 valence electrons. The molecule has 0 atom stereocenters. The van der Waals surface area contributed by atoms with Gasteiger partial charge in [-0.05, 0) is 53.3 Å². The Morgan fingerprint density at radius 1 is 0.879 bits per heavy atom. The lowest BCUT2D eigenvalue weighted by Crippen LogP contribution is -2.60. The van der Waals surface area contributed by atoms with Crippen molar-refractivity contribution >= 4 is 5.97 Å². The number of esters is 1. The van der Waals surface area contributed by atoms with E-state index in [0.717, 1.165) is 19.3 Å². The summed E-state index contributed by atoms with van der Waals surface area (Å²) in [5.74, 6) is 0.375. The molecule has 33 heavy (non-hydrogen) atoms. The van der Waals surface area contributed by atoms with Gasteiger partial charge in [-0.25, -0.2) is 4.79 Å². The van der Waals surface area contributed by atoms with Gasteiger partial charge in [0, 0.05) is 23.9 Å². The number of hydrogen-bond acceptors (Lipinski definition) is 4. The Hall–Kier alpha value is -1.55. The van der Waals surface area contributed by atoms with Gasteiger partial charge in [-0.3, -0.25) is 4.90 Å². The lowest BCUT2D eigenvalue weighted by atomic mass is 9.79. The Labute approximate surface area is 203 Å². The van der Waals surface area contributed by atoms with Crippen LogP contribution in [0.2, 0.25) is 0 Å². The molecule has 0 saturated carbocycles. The predicted molar refractivity (Wildman–Crippen MR) is 138 cm³/mol. The molecule has 1 aliphatic heterocycles. The van der Waals surface area contributed by atoms with Crippen molar-refractivity contribution in [2.24, 2.45) is 0 Å². The third-order valence-corrected chi connectivity index (χ3v) is 7.41. The summed E-state index contributed by atoms with van der Waals surface area (Å²) in [6.45, 7) is 11.8. The van der Waals surface area contributed by atoms with Crippen LogP contribution in [0.15, 0.2) is 24.3 Å². The molecule has 0 N–H and O–H groups in total. The van der Waals surface area contributed by atoms with Gasteiger partial charge in [0.15, 0.2) is 0 Å². The molecule has 1 saturated heterocycles. The van der Waals surface area contributed by atoms with Crippen molar-refractivity contribution in [1.82, 2.24) is 4.90 Å². The van der Waals surface area contributed by atoms with E-state index in [2.05, 4.69) is 46.6 Å². The number of rotatable bonds is 14. The van der Waals surface area contributed by atoms with E-state index >= 15 is 0 Å². The van der Waals surface area contributed by atoms with E-state index in [9.17, 15) is 4.79 Å². The van der Waals surface area contributed by atoms with Crippen LogP contribution in [0.1, 0.15) is 122 Å². The number of ether oxygens (including phenoxy) is 2. The SMILES string of the molecule is CCCCCCCCCCCCOc1ccccc1C(=O)OC1CC(C)(C)N(C)C(C)(C)C1. The summed E-state index contributed by atoms with van der Waals surface area (Å²) < 4.78 is 12.0. The molecule has 0 aliphatic carbocycles. The van der Waals surface area contributed by atoms with Crippen LogP contribution >= 0.6 is 0 Å². The minimum Gasteiger partial charge on any atom is -0.493 e. The maximum absolute atomic E-state index is 13.0. The van der Waals surface area contributed by atoms with Gasteiger partial charge in [0.25, 0.3) is 0 Å². The van der Waals surface area contributed by atoms with Crippen LogP contribution in [0, 0.1) is 0 Å². The number of hydrogen-bond donors (Lipinski definition) is 0. The van der Waals surface area contributed by atoms with E-state index in [0.29, 0.717) is 17.9 Å². The molecular formula is C29H49NO3. The Morgan fingerprint density at radius 3 is 1.97 bits per heavy atom. The van der Waals surface area contributed by atoms with E-state index in [4.69, 9.17) is 9.47 Å². The monoisotopic (exact) mass is 459 g/mol. The smallest absolute Gasteiger partial charge is 0.342 e. The fourth-order valence-corrected chi connectivity index (χ4v) is 5.11. The molecule has 1 aromatic rings. The Bertz CT molecular complexity index is 695. The quantitative estimate of drug-likeness (QED) is 0.210. The van der Waals surface area contributed by atoms with Gasteiger partial charge in [-0.1, -0.05) is 76.8 Å². The second kappa shape index (κ2) is 13.4. The average Bonchev–Trinajstić information content (AvgIpc) is 2.75. The van der Waals surface area contributed by atoms with Crippen LogP contribution in [0.3, 0.4) is 0 Å². The van der Waals surface area contributed by atoms with Crippen LogP contribution in [-0.2, 0) is 4.74 Å². The van der Waals surface area contributed by atoms with Gasteiger partial charge in [0.05, 0.1) is 6.61 Å². The molecule has 0 radical (unpaired) electrons. The van der Waals surface area contributed by atoms with Crippen LogP contribution in [0.5, 0.6) is 5.75 Å². The standard InChI is InChI=1S/C29H49NO3/c1-7-8-9-10-11-12-13-14-15-18-21-32-26-20-17-16-19-25(26)27(31)33-24-22-28(2,3)30(6)29(4,5)23-24/h16-17,19-20,24H,7-15,18,21-23H2,1-6H3. The molecule has 4 heteroatoms. The second-order valence-corrected chi connectivity index (χ2v) is 11.1. The Kier molecular flexibility index (Phi) is 11.2. The zero-order chi connectivity index (χ0) is 24.3. The first kappa shape index (κ1) is 27.7. The van der Waals surface area contributed by atoms with Gasteiger partial charge >= 0.3 is 5.97 Å². The lowest BCUT2D eigenvalue weighted by molar-refractivity contribution is -0.0732. The molecule has 0 unspecified atom stereocenters. The van der Waals surface area contributed by atoms with Crippen molar-refractivity contribution in [2.45, 2.75) is 129 Å². The molecule has 1 fully saturated rings. The summed E-state index contributed by atoms with van der Waals surface area (Å²) in [5.41, 5.74) is 0.510. The summed E-state index contributed by atoms with van der Waals surface area (Å²) in [5, 5.41) is 0. The second-order valence-electron chi connectivity index (χ2n) is 11.1. The fourth-order valence-electron chi connectivity index (χ4n) is 5.11. The molecule has 0 aromatic heterocycles. The van der Waals surface area contributed by atoms with Crippen molar-refractivity contribution in [3.8, 4) is 5.75 Å². The zero-order valence-corrected chi connectivity index (χ0v) is 22.3. The number of likely N-dealkylation sites (tertiary alicyclic amines) is 1. The van der Waals surface area contributed by atoms with Crippen molar-refractivity contribution < 1.29 is 14.3 Å². The molecule has 4 nitrogen and oxygen atoms in total. The summed E-state index contributed by atoms with van der Waals surface area (Å²) in [4.78, 5) is 15.4. The molecular weight excluding hydrogens is 410 g/mol. The summed E-state index contributed by atoms with van der Waals surface area (Å²) in [6, 6.07) is 7.51. The number of carbonyl (C=O) groups excluding carboxylic acids is 1. The van der Waals surface area contributed by atoms with Gasteiger partial charge in [-0.15, -0.1) is 0 Å². The lowest BCUT2D eigenvalue weighted by Gasteiger charge is -2.53. The maximum Gasteiger partial charge on any atom is 0.342 e. The van der Waals surface area contributed by atoms with E-state index in [1.165, 1.54) is 57.8 Å². The zero-order valence-electron chi connectivity index (χ0n) is 22.3. The van der Waals surface area contributed by atoms with Crippen molar-refractivity contribution in [3.05, 3.63) is 29.8 Å². The topological polar surface area (TPSA) is 38.8 Å². The number of benzene rings is 1. The molecule has 1 aliphatic rings. The molecule has 0 bridgehead atoms. The highest BCUT2D eigenvalue weighted by Gasteiger charge is 2.44. The minimum absolute atomic E-state index is 0.0157. The number of nitrogens with zero attached hydrogens (tertiary/aromatic N) is 1. The van der Waals surface area contributed by atoms with Crippen LogP contribution in [-0.4, -0.2) is 41.7 Å². The number of para-hydroxylation sites is 1. The van der Waals surface area contributed by atoms with Crippen LogP contribution < -0.4 is 4.74 Å². The third-order valence-electron chi connectivity index (χ3n) is 7.41. The average molecular weight is 460 g/mol. The van der Waals surface area contributed by atoms with Crippen molar-refractivity contribution in [3.63, 3.8) is 0 Å². The number of carbonyl (C=O) groups is 1. The highest BCUT2D eigenvalue weighted by molar-refractivity contribution is 5.92. The first-order chi connectivity index (χ1) is 15.7.